The quantitative estimate of drug-likeness (QED) is 0.317. The van der Waals surface area contributed by atoms with Crippen LogP contribution in [0.25, 0.3) is 5.57 Å². The summed E-state index contributed by atoms with van der Waals surface area (Å²) in [5.41, 5.74) is -1.89. The molecule has 4 rings (SSSR count). The Balaban J connectivity index is 1.70. The highest BCUT2D eigenvalue weighted by molar-refractivity contribution is 6.03. The van der Waals surface area contributed by atoms with Crippen LogP contribution in [0.2, 0.25) is 0 Å². The lowest BCUT2D eigenvalue weighted by Crippen LogP contribution is -2.36. The molecule has 0 aliphatic carbocycles. The van der Waals surface area contributed by atoms with Gasteiger partial charge in [0, 0.05) is 18.2 Å². The van der Waals surface area contributed by atoms with E-state index in [9.17, 15) is 36.3 Å². The fraction of sp³-hybridized carbons (Fsp3) is 0.167. The number of amides is 1. The van der Waals surface area contributed by atoms with E-state index in [0.29, 0.717) is 28.0 Å². The topological polar surface area (TPSA) is 65.3 Å². The standard InChI is InChI=1S/C24H16F6N2O3/c25-23(26,27)16-9-14(10-17(11-16)24(28,29)30)12-31-22(33)21-20(15-5-2-1-3-6-15)18-7-4-8-32(34)19(18)13-35-21/h1-11H,12-13H2,(H,31,33). The van der Waals surface area contributed by atoms with Gasteiger partial charge in [-0.1, -0.05) is 30.3 Å². The predicted molar refractivity (Wildman–Crippen MR) is 111 cm³/mol. The first-order valence-corrected chi connectivity index (χ1v) is 10.2. The molecule has 2 heterocycles. The van der Waals surface area contributed by atoms with Gasteiger partial charge in [-0.25, -0.2) is 0 Å². The second-order valence-electron chi connectivity index (χ2n) is 7.65. The fourth-order valence-electron chi connectivity index (χ4n) is 3.68. The zero-order valence-electron chi connectivity index (χ0n) is 17.7. The Labute approximate surface area is 194 Å². The normalized spacial score (nSPS) is 13.8. The maximum absolute atomic E-state index is 13.1. The molecule has 1 aliphatic rings. The van der Waals surface area contributed by atoms with Crippen LogP contribution >= 0.6 is 0 Å². The molecule has 1 amide bonds. The molecule has 0 saturated carbocycles. The molecular weight excluding hydrogens is 478 g/mol. The highest BCUT2D eigenvalue weighted by atomic mass is 19.4. The number of alkyl halides is 6. The molecule has 0 saturated heterocycles. The molecule has 0 spiro atoms. The van der Waals surface area contributed by atoms with Crippen LogP contribution in [0.4, 0.5) is 26.3 Å². The van der Waals surface area contributed by atoms with Crippen molar-refractivity contribution in [3.63, 3.8) is 0 Å². The van der Waals surface area contributed by atoms with Crippen LogP contribution in [-0.4, -0.2) is 5.91 Å². The van der Waals surface area contributed by atoms with Crippen molar-refractivity contribution in [1.82, 2.24) is 5.32 Å². The molecule has 3 aromatic rings. The van der Waals surface area contributed by atoms with Crippen LogP contribution in [0.5, 0.6) is 0 Å². The number of nitrogens with zero attached hydrogens (tertiary/aromatic N) is 1. The Morgan fingerprint density at radius 1 is 0.943 bits per heavy atom. The van der Waals surface area contributed by atoms with Crippen LogP contribution in [0.1, 0.15) is 33.5 Å². The van der Waals surface area contributed by atoms with Crippen molar-refractivity contribution >= 4 is 11.5 Å². The minimum atomic E-state index is -5.01. The second-order valence-corrected chi connectivity index (χ2v) is 7.65. The predicted octanol–water partition coefficient (Wildman–Crippen LogP) is 4.96. The highest BCUT2D eigenvalue weighted by Gasteiger charge is 2.37. The SMILES string of the molecule is O=C(NCc1cc(C(F)(F)F)cc(C(F)(F)F)c1)C1=C(c2ccccc2)c2ccc[n+]([O-])c2CO1. The van der Waals surface area contributed by atoms with E-state index in [2.05, 4.69) is 5.32 Å². The molecule has 2 aromatic carbocycles. The molecule has 0 radical (unpaired) electrons. The molecule has 35 heavy (non-hydrogen) atoms. The number of carbonyl (C=O) groups is 1. The summed E-state index contributed by atoms with van der Waals surface area (Å²) < 4.78 is 84.9. The van der Waals surface area contributed by atoms with Crippen LogP contribution < -0.4 is 10.0 Å². The first kappa shape index (κ1) is 24.1. The minimum Gasteiger partial charge on any atom is -0.618 e. The Hall–Kier alpha value is -4.02. The van der Waals surface area contributed by atoms with Crippen LogP contribution in [0, 0.1) is 5.21 Å². The Morgan fingerprint density at radius 3 is 2.17 bits per heavy atom. The van der Waals surface area contributed by atoms with E-state index in [-0.39, 0.29) is 29.7 Å². The lowest BCUT2D eigenvalue weighted by Gasteiger charge is -2.23. The largest absolute Gasteiger partial charge is 0.618 e. The number of nitrogens with one attached hydrogen (secondary N) is 1. The van der Waals surface area contributed by atoms with E-state index in [1.54, 1.807) is 36.4 Å². The minimum absolute atomic E-state index is 0.0146. The van der Waals surface area contributed by atoms with Gasteiger partial charge in [0.2, 0.25) is 5.69 Å². The average Bonchev–Trinajstić information content (AvgIpc) is 2.81. The van der Waals surface area contributed by atoms with Gasteiger partial charge in [0.25, 0.3) is 5.91 Å². The van der Waals surface area contributed by atoms with Crippen molar-refractivity contribution in [3.05, 3.63) is 111 Å². The summed E-state index contributed by atoms with van der Waals surface area (Å²) in [4.78, 5) is 13.0. The Bertz CT molecular complexity index is 1270. The number of benzene rings is 2. The van der Waals surface area contributed by atoms with Crippen molar-refractivity contribution in [2.45, 2.75) is 25.5 Å². The van der Waals surface area contributed by atoms with E-state index < -0.39 is 41.5 Å². The number of hydrogen-bond acceptors (Lipinski definition) is 3. The van der Waals surface area contributed by atoms with Gasteiger partial charge in [0.15, 0.2) is 18.6 Å². The van der Waals surface area contributed by atoms with Crippen LogP contribution in [0.3, 0.4) is 0 Å². The maximum atomic E-state index is 13.1. The number of rotatable bonds is 4. The average molecular weight is 494 g/mol. The van der Waals surface area contributed by atoms with Crippen molar-refractivity contribution in [1.29, 1.82) is 0 Å². The second kappa shape index (κ2) is 8.97. The summed E-state index contributed by atoms with van der Waals surface area (Å²) >= 11 is 0. The number of hydrogen-bond donors (Lipinski definition) is 1. The molecule has 1 aliphatic heterocycles. The number of carbonyl (C=O) groups excluding carboxylic acids is 1. The molecule has 0 atom stereocenters. The molecule has 182 valence electrons. The Kier molecular flexibility index (Phi) is 6.18. The van der Waals surface area contributed by atoms with Gasteiger partial charge < -0.3 is 15.3 Å². The van der Waals surface area contributed by atoms with Gasteiger partial charge in [-0.2, -0.15) is 31.1 Å². The Morgan fingerprint density at radius 2 is 1.57 bits per heavy atom. The van der Waals surface area contributed by atoms with Gasteiger partial charge in [0.1, 0.15) is 0 Å². The first-order valence-electron chi connectivity index (χ1n) is 10.2. The summed E-state index contributed by atoms with van der Waals surface area (Å²) in [5.74, 6) is -1.07. The van der Waals surface area contributed by atoms with Crippen molar-refractivity contribution in [2.24, 2.45) is 0 Å². The van der Waals surface area contributed by atoms with Gasteiger partial charge in [-0.3, -0.25) is 4.79 Å². The number of halogens is 6. The zero-order valence-corrected chi connectivity index (χ0v) is 17.7. The molecule has 11 heteroatoms. The lowest BCUT2D eigenvalue weighted by molar-refractivity contribution is -0.616. The number of aromatic nitrogens is 1. The summed E-state index contributed by atoms with van der Waals surface area (Å²) in [5, 5.41) is 14.5. The number of ether oxygens (including phenoxy) is 1. The van der Waals surface area contributed by atoms with Gasteiger partial charge in [-0.15, -0.1) is 0 Å². The maximum Gasteiger partial charge on any atom is 0.416 e. The molecule has 1 N–H and O–H groups in total. The van der Waals surface area contributed by atoms with E-state index in [1.165, 1.54) is 12.3 Å². The number of pyridine rings is 1. The molecule has 5 nitrogen and oxygen atoms in total. The highest BCUT2D eigenvalue weighted by Crippen LogP contribution is 2.37. The third-order valence-corrected chi connectivity index (χ3v) is 5.28. The van der Waals surface area contributed by atoms with Crippen molar-refractivity contribution in [2.75, 3.05) is 0 Å². The van der Waals surface area contributed by atoms with Gasteiger partial charge in [0.05, 0.1) is 16.7 Å². The molecule has 1 aromatic heterocycles. The van der Waals surface area contributed by atoms with E-state index >= 15 is 0 Å². The van der Waals surface area contributed by atoms with Crippen molar-refractivity contribution in [3.8, 4) is 0 Å². The molecule has 0 unspecified atom stereocenters. The van der Waals surface area contributed by atoms with Gasteiger partial charge >= 0.3 is 12.4 Å². The molecule has 0 bridgehead atoms. The number of fused-ring (bicyclic) bond motifs is 1. The third-order valence-electron chi connectivity index (χ3n) is 5.28. The van der Waals surface area contributed by atoms with Crippen LogP contribution in [0.15, 0.2) is 72.6 Å². The lowest BCUT2D eigenvalue weighted by atomic mass is 9.93. The molecule has 0 fully saturated rings. The molecular formula is C24H16F6N2O3. The van der Waals surface area contributed by atoms with Crippen LogP contribution in [-0.2, 0) is 35.0 Å². The van der Waals surface area contributed by atoms with Crippen molar-refractivity contribution < 1.29 is 40.6 Å². The zero-order chi connectivity index (χ0) is 25.4. The van der Waals surface area contributed by atoms with E-state index in [4.69, 9.17) is 4.74 Å². The first-order chi connectivity index (χ1) is 16.4. The summed E-state index contributed by atoms with van der Waals surface area (Å²) in [6.45, 7) is -0.871. The van der Waals surface area contributed by atoms with E-state index in [0.717, 1.165) is 0 Å². The van der Waals surface area contributed by atoms with E-state index in [1.807, 2.05) is 0 Å². The fourth-order valence-corrected chi connectivity index (χ4v) is 3.68. The summed E-state index contributed by atoms with van der Waals surface area (Å²) in [6.07, 6.45) is -8.75. The summed E-state index contributed by atoms with van der Waals surface area (Å²) in [7, 11) is 0. The monoisotopic (exact) mass is 494 g/mol. The van der Waals surface area contributed by atoms with Gasteiger partial charge in [-0.05, 0) is 35.4 Å². The summed E-state index contributed by atoms with van der Waals surface area (Å²) in [6, 6.07) is 12.7. The third kappa shape index (κ3) is 5.08. The smallest absolute Gasteiger partial charge is 0.416 e.